The maximum absolute atomic E-state index is 12.3. The van der Waals surface area contributed by atoms with Crippen molar-refractivity contribution in [3.8, 4) is 0 Å². The third-order valence-corrected chi connectivity index (χ3v) is 3.49. The molecule has 0 radical (unpaired) electrons. The number of hydrogen-bond acceptors (Lipinski definition) is 2. The minimum Gasteiger partial charge on any atom is -0.349 e. The first-order valence-corrected chi connectivity index (χ1v) is 7.36. The van der Waals surface area contributed by atoms with E-state index in [1.807, 2.05) is 31.2 Å². The Morgan fingerprint density at radius 2 is 1.85 bits per heavy atom. The van der Waals surface area contributed by atoms with Crippen LogP contribution in [0, 0.1) is 11.3 Å². The number of carbonyl (C=O) groups excluding carboxylic acids is 1. The molecule has 0 aliphatic rings. The third-order valence-electron chi connectivity index (χ3n) is 3.24. The van der Waals surface area contributed by atoms with Crippen LogP contribution in [0.15, 0.2) is 24.3 Å². The van der Waals surface area contributed by atoms with Gasteiger partial charge in [-0.2, -0.15) is 0 Å². The van der Waals surface area contributed by atoms with Gasteiger partial charge in [0.2, 0.25) is 5.91 Å². The molecule has 3 N–H and O–H groups in total. The molecule has 112 valence electrons. The summed E-state index contributed by atoms with van der Waals surface area (Å²) in [5.74, 6) is -0.130. The molecule has 1 amide bonds. The van der Waals surface area contributed by atoms with E-state index in [4.69, 9.17) is 17.3 Å². The summed E-state index contributed by atoms with van der Waals surface area (Å²) >= 11 is 5.86. The van der Waals surface area contributed by atoms with Crippen molar-refractivity contribution in [2.24, 2.45) is 17.1 Å². The number of hydrogen-bond donors (Lipinski definition) is 2. The van der Waals surface area contributed by atoms with Crippen LogP contribution in [0.1, 0.15) is 45.7 Å². The van der Waals surface area contributed by atoms with Gasteiger partial charge < -0.3 is 11.1 Å². The lowest BCUT2D eigenvalue weighted by molar-refractivity contribution is -0.126. The topological polar surface area (TPSA) is 55.1 Å². The second kappa shape index (κ2) is 7.09. The van der Waals surface area contributed by atoms with E-state index in [2.05, 4.69) is 26.1 Å². The van der Waals surface area contributed by atoms with Crippen molar-refractivity contribution in [1.29, 1.82) is 0 Å². The van der Waals surface area contributed by atoms with Crippen LogP contribution in [0.25, 0.3) is 0 Å². The van der Waals surface area contributed by atoms with Crippen LogP contribution in [-0.4, -0.2) is 12.5 Å². The minimum atomic E-state index is -0.148. The van der Waals surface area contributed by atoms with Gasteiger partial charge in [0.05, 0.1) is 12.0 Å². The van der Waals surface area contributed by atoms with E-state index in [1.54, 1.807) is 0 Å². The molecule has 0 heterocycles. The third kappa shape index (κ3) is 5.51. The first-order valence-electron chi connectivity index (χ1n) is 6.99. The molecule has 1 aromatic carbocycles. The van der Waals surface area contributed by atoms with Crippen molar-refractivity contribution < 1.29 is 4.79 Å². The van der Waals surface area contributed by atoms with Crippen molar-refractivity contribution in [2.45, 2.75) is 40.2 Å². The van der Waals surface area contributed by atoms with E-state index in [0.717, 1.165) is 12.0 Å². The van der Waals surface area contributed by atoms with Gasteiger partial charge in [0.15, 0.2) is 0 Å². The normalized spacial score (nSPS) is 14.7. The van der Waals surface area contributed by atoms with E-state index < -0.39 is 0 Å². The maximum Gasteiger partial charge on any atom is 0.224 e. The second-order valence-electron chi connectivity index (χ2n) is 6.48. The van der Waals surface area contributed by atoms with Crippen molar-refractivity contribution in [1.82, 2.24) is 5.32 Å². The maximum atomic E-state index is 12.3. The van der Waals surface area contributed by atoms with Gasteiger partial charge in [0, 0.05) is 11.6 Å². The van der Waals surface area contributed by atoms with Gasteiger partial charge in [-0.1, -0.05) is 44.5 Å². The van der Waals surface area contributed by atoms with Crippen LogP contribution in [0.5, 0.6) is 0 Å². The van der Waals surface area contributed by atoms with Gasteiger partial charge in [0.1, 0.15) is 0 Å². The summed E-state index contributed by atoms with van der Waals surface area (Å²) in [6.45, 7) is 8.69. The molecule has 1 rings (SSSR count). The van der Waals surface area contributed by atoms with Crippen molar-refractivity contribution >= 4 is 17.5 Å². The molecule has 4 heteroatoms. The van der Waals surface area contributed by atoms with Gasteiger partial charge >= 0.3 is 0 Å². The fraction of sp³-hybridized carbons (Fsp3) is 0.562. The summed E-state index contributed by atoms with van der Waals surface area (Å²) in [7, 11) is 0. The van der Waals surface area contributed by atoms with Gasteiger partial charge in [-0.3, -0.25) is 4.79 Å². The number of benzene rings is 1. The van der Waals surface area contributed by atoms with Crippen LogP contribution in [0.2, 0.25) is 5.02 Å². The lowest BCUT2D eigenvalue weighted by Crippen LogP contribution is -2.38. The first-order chi connectivity index (χ1) is 9.23. The molecule has 0 aliphatic carbocycles. The van der Waals surface area contributed by atoms with Gasteiger partial charge in [-0.25, -0.2) is 0 Å². The summed E-state index contributed by atoms with van der Waals surface area (Å²) in [4.78, 5) is 12.3. The van der Waals surface area contributed by atoms with Gasteiger partial charge in [-0.15, -0.1) is 0 Å². The standard InChI is InChI=1S/C16H25ClN2O/c1-11(12-5-7-14(17)8-6-12)19-15(20)13(10-18)9-16(2,3)4/h5-8,11,13H,9-10,18H2,1-4H3,(H,19,20). The van der Waals surface area contributed by atoms with E-state index in [-0.39, 0.29) is 23.3 Å². The smallest absolute Gasteiger partial charge is 0.224 e. The Balaban J connectivity index is 2.66. The molecule has 0 aromatic heterocycles. The molecule has 0 saturated heterocycles. The predicted molar refractivity (Wildman–Crippen MR) is 84.6 cm³/mol. The first kappa shape index (κ1) is 17.0. The average molecular weight is 297 g/mol. The highest BCUT2D eigenvalue weighted by atomic mass is 35.5. The SMILES string of the molecule is CC(NC(=O)C(CN)CC(C)(C)C)c1ccc(Cl)cc1. The summed E-state index contributed by atoms with van der Waals surface area (Å²) in [5.41, 5.74) is 6.86. The number of rotatable bonds is 5. The lowest BCUT2D eigenvalue weighted by atomic mass is 9.84. The summed E-state index contributed by atoms with van der Waals surface area (Å²) < 4.78 is 0. The molecule has 0 fully saturated rings. The fourth-order valence-electron chi connectivity index (χ4n) is 2.19. The number of carbonyl (C=O) groups is 1. The summed E-state index contributed by atoms with van der Waals surface area (Å²) in [6.07, 6.45) is 0.780. The van der Waals surface area contributed by atoms with Crippen molar-refractivity contribution in [3.05, 3.63) is 34.9 Å². The predicted octanol–water partition coefficient (Wildman–Crippen LogP) is 3.53. The largest absolute Gasteiger partial charge is 0.349 e. The lowest BCUT2D eigenvalue weighted by Gasteiger charge is -2.26. The van der Waals surface area contributed by atoms with Crippen LogP contribution >= 0.6 is 11.6 Å². The monoisotopic (exact) mass is 296 g/mol. The van der Waals surface area contributed by atoms with Crippen LogP contribution in [-0.2, 0) is 4.79 Å². The molecule has 1 aromatic rings. The molecule has 0 saturated carbocycles. The Morgan fingerprint density at radius 3 is 2.30 bits per heavy atom. The Kier molecular flexibility index (Phi) is 6.03. The summed E-state index contributed by atoms with van der Waals surface area (Å²) in [6, 6.07) is 7.46. The zero-order valence-corrected chi connectivity index (χ0v) is 13.5. The number of nitrogens with two attached hydrogens (primary N) is 1. The highest BCUT2D eigenvalue weighted by Gasteiger charge is 2.24. The fourth-order valence-corrected chi connectivity index (χ4v) is 2.31. The van der Waals surface area contributed by atoms with Crippen molar-refractivity contribution in [2.75, 3.05) is 6.54 Å². The molecule has 0 aliphatic heterocycles. The summed E-state index contributed by atoms with van der Waals surface area (Å²) in [5, 5.41) is 3.72. The molecular formula is C16H25ClN2O. The number of halogens is 1. The van der Waals surface area contributed by atoms with E-state index >= 15 is 0 Å². The minimum absolute atomic E-state index is 0.0184. The Hall–Kier alpha value is -1.06. The number of nitrogens with one attached hydrogen (secondary N) is 1. The van der Waals surface area contributed by atoms with Crippen LogP contribution < -0.4 is 11.1 Å². The van der Waals surface area contributed by atoms with Crippen LogP contribution in [0.4, 0.5) is 0 Å². The Morgan fingerprint density at radius 1 is 1.30 bits per heavy atom. The quantitative estimate of drug-likeness (QED) is 0.873. The number of amides is 1. The molecule has 3 nitrogen and oxygen atoms in total. The van der Waals surface area contributed by atoms with Gasteiger partial charge in [-0.05, 0) is 36.5 Å². The highest BCUT2D eigenvalue weighted by molar-refractivity contribution is 6.30. The Labute approximate surface area is 126 Å². The average Bonchev–Trinajstić information content (AvgIpc) is 2.35. The molecule has 0 bridgehead atoms. The van der Waals surface area contributed by atoms with E-state index in [1.165, 1.54) is 0 Å². The van der Waals surface area contributed by atoms with E-state index in [0.29, 0.717) is 11.6 Å². The highest BCUT2D eigenvalue weighted by Crippen LogP contribution is 2.25. The molecule has 20 heavy (non-hydrogen) atoms. The zero-order valence-electron chi connectivity index (χ0n) is 12.7. The zero-order chi connectivity index (χ0) is 15.3. The second-order valence-corrected chi connectivity index (χ2v) is 6.92. The molecule has 0 spiro atoms. The Bertz CT molecular complexity index is 437. The van der Waals surface area contributed by atoms with Gasteiger partial charge in [0.25, 0.3) is 0 Å². The molecule has 2 atom stereocenters. The van der Waals surface area contributed by atoms with Crippen molar-refractivity contribution in [3.63, 3.8) is 0 Å². The van der Waals surface area contributed by atoms with Crippen LogP contribution in [0.3, 0.4) is 0 Å². The van der Waals surface area contributed by atoms with E-state index in [9.17, 15) is 4.79 Å². The molecular weight excluding hydrogens is 272 g/mol. The molecule has 2 unspecified atom stereocenters.